The van der Waals surface area contributed by atoms with Gasteiger partial charge in [-0.2, -0.15) is 5.26 Å². The molecule has 3 rings (SSSR count). The maximum atomic E-state index is 9.15. The number of hydrogen-bond acceptors (Lipinski definition) is 2. The first kappa shape index (κ1) is 9.17. The van der Waals surface area contributed by atoms with Gasteiger partial charge < -0.3 is 4.57 Å². The van der Waals surface area contributed by atoms with E-state index < -0.39 is 0 Å². The van der Waals surface area contributed by atoms with E-state index in [4.69, 9.17) is 5.26 Å². The first-order chi connectivity index (χ1) is 7.90. The molecular formula is C13H11N3. The van der Waals surface area contributed by atoms with Crippen molar-refractivity contribution < 1.29 is 0 Å². The highest BCUT2D eigenvalue weighted by Crippen LogP contribution is 2.30. The number of rotatable bonds is 1. The van der Waals surface area contributed by atoms with Crippen LogP contribution in [0.5, 0.6) is 0 Å². The van der Waals surface area contributed by atoms with Crippen molar-refractivity contribution >= 4 is 0 Å². The molecule has 0 atom stereocenters. The van der Waals surface area contributed by atoms with Gasteiger partial charge in [0, 0.05) is 30.2 Å². The van der Waals surface area contributed by atoms with E-state index >= 15 is 0 Å². The summed E-state index contributed by atoms with van der Waals surface area (Å²) in [5, 5.41) is 9.15. The molecule has 0 aliphatic carbocycles. The summed E-state index contributed by atoms with van der Waals surface area (Å²) in [4.78, 5) is 4.12. The van der Waals surface area contributed by atoms with Gasteiger partial charge in [-0.25, -0.2) is 0 Å². The summed E-state index contributed by atoms with van der Waals surface area (Å²) in [6, 6.07) is 8.20. The molecule has 0 N–H and O–H groups in total. The third-order valence-electron chi connectivity index (χ3n) is 3.05. The Morgan fingerprint density at radius 1 is 1.44 bits per heavy atom. The van der Waals surface area contributed by atoms with Gasteiger partial charge in [0.2, 0.25) is 0 Å². The summed E-state index contributed by atoms with van der Waals surface area (Å²) < 4.78 is 2.25. The number of nitrogens with zero attached hydrogens (tertiary/aromatic N) is 3. The van der Waals surface area contributed by atoms with Gasteiger partial charge in [0.1, 0.15) is 6.07 Å². The molecule has 3 heterocycles. The van der Waals surface area contributed by atoms with Crippen molar-refractivity contribution in [3.8, 4) is 17.3 Å². The van der Waals surface area contributed by atoms with Gasteiger partial charge in [-0.3, -0.25) is 4.98 Å². The number of fused-ring (bicyclic) bond motifs is 1. The van der Waals surface area contributed by atoms with E-state index in [0.717, 1.165) is 29.8 Å². The maximum absolute atomic E-state index is 9.15. The fourth-order valence-corrected chi connectivity index (χ4v) is 2.38. The molecule has 0 saturated heterocycles. The van der Waals surface area contributed by atoms with E-state index in [2.05, 4.69) is 15.6 Å². The van der Waals surface area contributed by atoms with E-state index in [1.807, 2.05) is 24.4 Å². The van der Waals surface area contributed by atoms with Crippen LogP contribution in [0.25, 0.3) is 11.3 Å². The lowest BCUT2D eigenvalue weighted by molar-refractivity contribution is 0.755. The minimum Gasteiger partial charge on any atom is -0.343 e. The average molecular weight is 209 g/mol. The Labute approximate surface area is 94.0 Å². The smallest absolute Gasteiger partial charge is 0.101 e. The molecule has 0 aromatic carbocycles. The Kier molecular flexibility index (Phi) is 2.00. The summed E-state index contributed by atoms with van der Waals surface area (Å²) >= 11 is 0. The van der Waals surface area contributed by atoms with Crippen LogP contribution in [0.1, 0.15) is 17.7 Å². The molecular weight excluding hydrogens is 198 g/mol. The molecule has 2 aromatic heterocycles. The molecule has 0 spiro atoms. The van der Waals surface area contributed by atoms with Crippen LogP contribution in [0.4, 0.5) is 0 Å². The molecule has 2 aromatic rings. The van der Waals surface area contributed by atoms with Crippen molar-refractivity contribution in [3.63, 3.8) is 0 Å². The first-order valence-corrected chi connectivity index (χ1v) is 5.43. The lowest BCUT2D eigenvalue weighted by Crippen LogP contribution is -1.96. The zero-order valence-corrected chi connectivity index (χ0v) is 8.85. The van der Waals surface area contributed by atoms with Crippen LogP contribution in [-0.2, 0) is 13.0 Å². The van der Waals surface area contributed by atoms with Crippen LogP contribution in [0.2, 0.25) is 0 Å². The SMILES string of the molecule is N#Cc1cc2n(c1-c1cccnc1)CCC2. The van der Waals surface area contributed by atoms with Gasteiger partial charge in [0.25, 0.3) is 0 Å². The second kappa shape index (κ2) is 3.49. The van der Waals surface area contributed by atoms with E-state index in [9.17, 15) is 0 Å². The number of nitriles is 1. The largest absolute Gasteiger partial charge is 0.343 e. The van der Waals surface area contributed by atoms with Crippen LogP contribution in [0.15, 0.2) is 30.6 Å². The van der Waals surface area contributed by atoms with Gasteiger partial charge in [0.05, 0.1) is 11.3 Å². The van der Waals surface area contributed by atoms with Crippen LogP contribution in [-0.4, -0.2) is 9.55 Å². The lowest BCUT2D eigenvalue weighted by atomic mass is 10.1. The minimum absolute atomic E-state index is 0.766. The molecule has 3 heteroatoms. The van der Waals surface area contributed by atoms with Crippen LogP contribution >= 0.6 is 0 Å². The number of hydrogen-bond donors (Lipinski definition) is 0. The molecule has 0 radical (unpaired) electrons. The van der Waals surface area contributed by atoms with Crippen molar-refractivity contribution in [1.29, 1.82) is 5.26 Å². The van der Waals surface area contributed by atoms with Crippen LogP contribution in [0.3, 0.4) is 0 Å². The third kappa shape index (κ3) is 1.24. The highest BCUT2D eigenvalue weighted by atomic mass is 15.0. The average Bonchev–Trinajstić information content (AvgIpc) is 2.89. The second-order valence-electron chi connectivity index (χ2n) is 4.01. The molecule has 0 bridgehead atoms. The molecule has 16 heavy (non-hydrogen) atoms. The fourth-order valence-electron chi connectivity index (χ4n) is 2.38. The predicted octanol–water partition coefficient (Wildman–Crippen LogP) is 2.37. The van der Waals surface area contributed by atoms with Crippen molar-refractivity contribution in [1.82, 2.24) is 9.55 Å². The van der Waals surface area contributed by atoms with E-state index in [1.54, 1.807) is 6.20 Å². The maximum Gasteiger partial charge on any atom is 0.101 e. The van der Waals surface area contributed by atoms with Gasteiger partial charge in [-0.1, -0.05) is 0 Å². The summed E-state index contributed by atoms with van der Waals surface area (Å²) in [5.41, 5.74) is 4.11. The van der Waals surface area contributed by atoms with E-state index in [0.29, 0.717) is 0 Å². The minimum atomic E-state index is 0.766. The van der Waals surface area contributed by atoms with E-state index in [-0.39, 0.29) is 0 Å². The first-order valence-electron chi connectivity index (χ1n) is 5.43. The van der Waals surface area contributed by atoms with Gasteiger partial charge in [-0.05, 0) is 31.0 Å². The van der Waals surface area contributed by atoms with Crippen LogP contribution < -0.4 is 0 Å². The highest BCUT2D eigenvalue weighted by molar-refractivity contribution is 5.68. The molecule has 1 aliphatic rings. The molecule has 0 amide bonds. The number of aryl methyl sites for hydroxylation is 1. The second-order valence-corrected chi connectivity index (χ2v) is 4.01. The molecule has 78 valence electrons. The predicted molar refractivity (Wildman–Crippen MR) is 60.7 cm³/mol. The third-order valence-corrected chi connectivity index (χ3v) is 3.05. The number of pyridine rings is 1. The summed E-state index contributed by atoms with van der Waals surface area (Å²) in [7, 11) is 0. The molecule has 0 saturated carbocycles. The standard InChI is InChI=1S/C13H11N3/c14-8-11-7-12-4-2-6-16(12)13(11)10-3-1-5-15-9-10/h1,3,5,7,9H,2,4,6H2. The Hall–Kier alpha value is -2.08. The van der Waals surface area contributed by atoms with Crippen molar-refractivity contribution in [2.45, 2.75) is 19.4 Å². The van der Waals surface area contributed by atoms with Crippen LogP contribution in [0, 0.1) is 11.3 Å². The molecule has 1 aliphatic heterocycles. The fraction of sp³-hybridized carbons (Fsp3) is 0.231. The Morgan fingerprint density at radius 3 is 3.12 bits per heavy atom. The monoisotopic (exact) mass is 209 g/mol. The van der Waals surface area contributed by atoms with E-state index in [1.165, 1.54) is 12.1 Å². The molecule has 0 unspecified atom stereocenters. The van der Waals surface area contributed by atoms with Gasteiger partial charge >= 0.3 is 0 Å². The van der Waals surface area contributed by atoms with Gasteiger partial charge in [0.15, 0.2) is 0 Å². The Balaban J connectivity index is 2.24. The summed E-state index contributed by atoms with van der Waals surface area (Å²) in [5.74, 6) is 0. The van der Waals surface area contributed by atoms with Crippen molar-refractivity contribution in [3.05, 3.63) is 41.9 Å². The number of aromatic nitrogens is 2. The van der Waals surface area contributed by atoms with Crippen molar-refractivity contribution in [2.75, 3.05) is 0 Å². The quantitative estimate of drug-likeness (QED) is 0.723. The van der Waals surface area contributed by atoms with Gasteiger partial charge in [-0.15, -0.1) is 0 Å². The summed E-state index contributed by atoms with van der Waals surface area (Å²) in [6.07, 6.45) is 5.83. The van der Waals surface area contributed by atoms with Crippen molar-refractivity contribution in [2.24, 2.45) is 0 Å². The zero-order valence-electron chi connectivity index (χ0n) is 8.85. The Morgan fingerprint density at radius 2 is 2.38 bits per heavy atom. The highest BCUT2D eigenvalue weighted by Gasteiger charge is 2.19. The normalized spacial score (nSPS) is 13.4. The lowest BCUT2D eigenvalue weighted by Gasteiger charge is -2.06. The molecule has 3 nitrogen and oxygen atoms in total. The topological polar surface area (TPSA) is 41.6 Å². The summed E-state index contributed by atoms with van der Waals surface area (Å²) in [6.45, 7) is 1.02. The molecule has 0 fully saturated rings. The Bertz CT molecular complexity index is 561. The zero-order chi connectivity index (χ0) is 11.0.